The van der Waals surface area contributed by atoms with Gasteiger partial charge in [-0.25, -0.2) is 4.98 Å². The largest absolute Gasteiger partial charge is 0.469 e. The van der Waals surface area contributed by atoms with E-state index in [0.717, 1.165) is 42.4 Å². The van der Waals surface area contributed by atoms with Crippen LogP contribution in [0, 0.1) is 5.92 Å². The van der Waals surface area contributed by atoms with Gasteiger partial charge in [-0.05, 0) is 37.7 Å². The van der Waals surface area contributed by atoms with Gasteiger partial charge in [-0.1, -0.05) is 6.92 Å². The number of fused-ring (bicyclic) bond motifs is 3. The molecule has 0 fully saturated rings. The fourth-order valence-electron chi connectivity index (χ4n) is 3.41. The second-order valence-corrected chi connectivity index (χ2v) is 8.06. The first-order valence-electron chi connectivity index (χ1n) is 8.94. The molecule has 2 aromatic heterocycles. The molecule has 3 N–H and O–H groups in total. The number of aryl methyl sites for hydroxylation is 1. The van der Waals surface area contributed by atoms with Crippen LogP contribution in [0.15, 0.2) is 4.79 Å². The number of thiophene rings is 1. The second kappa shape index (κ2) is 7.66. The van der Waals surface area contributed by atoms with E-state index in [1.165, 1.54) is 17.6 Å². The van der Waals surface area contributed by atoms with Crippen molar-refractivity contribution < 1.29 is 14.8 Å². The summed E-state index contributed by atoms with van der Waals surface area (Å²) in [7, 11) is 1.40. The normalized spacial score (nSPS) is 18.1. The number of ether oxygens (including phenoxy) is 1. The molecule has 7 heteroatoms. The van der Waals surface area contributed by atoms with Crippen LogP contribution >= 0.6 is 11.3 Å². The van der Waals surface area contributed by atoms with Crippen LogP contribution in [0.2, 0.25) is 0 Å². The smallest absolute Gasteiger partial charge is 0.305 e. The third-order valence-corrected chi connectivity index (χ3v) is 6.10. The molecule has 0 unspecified atom stereocenters. The number of esters is 1. The maximum Gasteiger partial charge on any atom is 0.305 e. The number of hydrogen-bond donors (Lipinski definition) is 2. The molecule has 0 saturated heterocycles. The van der Waals surface area contributed by atoms with Gasteiger partial charge in [0.05, 0.1) is 25.5 Å². The molecule has 25 heavy (non-hydrogen) atoms. The quantitative estimate of drug-likeness (QED) is 0.603. The highest BCUT2D eigenvalue weighted by Gasteiger charge is 2.24. The van der Waals surface area contributed by atoms with Crippen LogP contribution in [0.3, 0.4) is 0 Å². The summed E-state index contributed by atoms with van der Waals surface area (Å²) < 4.78 is 4.64. The third-order valence-electron chi connectivity index (χ3n) is 4.95. The highest BCUT2D eigenvalue weighted by atomic mass is 32.1. The molecule has 0 radical (unpaired) electrons. The number of nitrogens with two attached hydrogens (primary N) is 1. The van der Waals surface area contributed by atoms with E-state index in [1.807, 2.05) is 6.92 Å². The van der Waals surface area contributed by atoms with E-state index in [0.29, 0.717) is 18.2 Å². The standard InChI is InChI=1S/C18H25N3O3S/c1-10-6-7-12-13(9-10)25-18-15(12)17(23)20-16(21-18)11(2)19-8-4-5-14(22)24-3/h10-11,19H,4-9H2,1-3H3,(H,20,21,23)/p+1/t10-,11-/m1/s1. The zero-order chi connectivity index (χ0) is 18.0. The van der Waals surface area contributed by atoms with E-state index in [2.05, 4.69) is 22.0 Å². The first-order valence-corrected chi connectivity index (χ1v) is 9.75. The van der Waals surface area contributed by atoms with Gasteiger partial charge in [0.1, 0.15) is 10.9 Å². The number of aromatic nitrogens is 2. The van der Waals surface area contributed by atoms with Gasteiger partial charge in [0.25, 0.3) is 5.56 Å². The summed E-state index contributed by atoms with van der Waals surface area (Å²) in [5.41, 5.74) is 1.20. The van der Waals surface area contributed by atoms with Gasteiger partial charge >= 0.3 is 5.97 Å². The molecule has 0 amide bonds. The number of nitrogens with zero attached hydrogens (tertiary/aromatic N) is 1. The monoisotopic (exact) mass is 364 g/mol. The van der Waals surface area contributed by atoms with Gasteiger partial charge in [-0.3, -0.25) is 9.59 Å². The van der Waals surface area contributed by atoms with E-state index in [-0.39, 0.29) is 17.6 Å². The minimum atomic E-state index is -0.188. The minimum Gasteiger partial charge on any atom is -0.469 e. The number of carbonyl (C=O) groups is 1. The van der Waals surface area contributed by atoms with E-state index in [9.17, 15) is 9.59 Å². The van der Waals surface area contributed by atoms with Crippen LogP contribution in [-0.2, 0) is 22.4 Å². The first-order chi connectivity index (χ1) is 12.0. The fourth-order valence-corrected chi connectivity index (χ4v) is 4.80. The lowest BCUT2D eigenvalue weighted by Gasteiger charge is -2.17. The number of methoxy groups -OCH3 is 1. The zero-order valence-corrected chi connectivity index (χ0v) is 15.9. The molecule has 0 aliphatic heterocycles. The lowest BCUT2D eigenvalue weighted by Crippen LogP contribution is -2.85. The van der Waals surface area contributed by atoms with Crippen LogP contribution in [-0.4, -0.2) is 29.6 Å². The van der Waals surface area contributed by atoms with E-state index in [1.54, 1.807) is 11.3 Å². The molecular formula is C18H26N3O3S+. The summed E-state index contributed by atoms with van der Waals surface area (Å²) in [6, 6.07) is 0.0489. The Kier molecular flexibility index (Phi) is 5.54. The Morgan fingerprint density at radius 3 is 3.08 bits per heavy atom. The summed E-state index contributed by atoms with van der Waals surface area (Å²) in [5, 5.41) is 2.90. The zero-order valence-electron chi connectivity index (χ0n) is 15.1. The van der Waals surface area contributed by atoms with Crippen molar-refractivity contribution in [3.05, 3.63) is 26.6 Å². The molecule has 1 aliphatic rings. The van der Waals surface area contributed by atoms with Gasteiger partial charge < -0.3 is 15.0 Å². The van der Waals surface area contributed by atoms with Gasteiger partial charge in [-0.2, -0.15) is 0 Å². The Balaban J connectivity index is 1.74. The van der Waals surface area contributed by atoms with Gasteiger partial charge in [-0.15, -0.1) is 11.3 Å². The molecule has 0 spiro atoms. The van der Waals surface area contributed by atoms with E-state index < -0.39 is 0 Å². The van der Waals surface area contributed by atoms with Crippen molar-refractivity contribution >= 4 is 27.5 Å². The molecule has 136 valence electrons. The number of hydrogen-bond acceptors (Lipinski definition) is 5. The molecule has 0 saturated carbocycles. The number of H-pyrrole nitrogens is 1. The van der Waals surface area contributed by atoms with Crippen molar-refractivity contribution in [1.82, 2.24) is 9.97 Å². The molecule has 3 rings (SSSR count). The maximum absolute atomic E-state index is 12.6. The Morgan fingerprint density at radius 2 is 2.32 bits per heavy atom. The maximum atomic E-state index is 12.6. The topological polar surface area (TPSA) is 88.7 Å². The van der Waals surface area contributed by atoms with Gasteiger partial charge in [0.2, 0.25) is 0 Å². The number of nitrogens with one attached hydrogen (secondary N) is 1. The molecule has 6 nitrogen and oxygen atoms in total. The van der Waals surface area contributed by atoms with Gasteiger partial charge in [0, 0.05) is 11.3 Å². The first kappa shape index (κ1) is 18.1. The average molecular weight is 364 g/mol. The van der Waals surface area contributed by atoms with Crippen molar-refractivity contribution in [1.29, 1.82) is 0 Å². The summed E-state index contributed by atoms with van der Waals surface area (Å²) in [5.74, 6) is 1.20. The van der Waals surface area contributed by atoms with Crippen LogP contribution in [0.4, 0.5) is 0 Å². The molecule has 2 atom stereocenters. The average Bonchev–Trinajstić information content (AvgIpc) is 2.95. The van der Waals surface area contributed by atoms with Crippen molar-refractivity contribution in [3.63, 3.8) is 0 Å². The number of aromatic amines is 1. The molecule has 1 aliphatic carbocycles. The second-order valence-electron chi connectivity index (χ2n) is 6.98. The molecule has 0 bridgehead atoms. The van der Waals surface area contributed by atoms with Gasteiger partial charge in [0.15, 0.2) is 5.82 Å². The van der Waals surface area contributed by atoms with E-state index >= 15 is 0 Å². The Bertz CT molecular complexity index is 827. The number of carbonyl (C=O) groups excluding carboxylic acids is 1. The molecule has 2 heterocycles. The van der Waals surface area contributed by atoms with E-state index in [4.69, 9.17) is 4.98 Å². The molecule has 0 aromatic carbocycles. The highest BCUT2D eigenvalue weighted by Crippen LogP contribution is 2.35. The lowest BCUT2D eigenvalue weighted by molar-refractivity contribution is -0.694. The Hall–Kier alpha value is -1.73. The Labute approximate surface area is 151 Å². The fraction of sp³-hybridized carbons (Fsp3) is 0.611. The molecular weight excluding hydrogens is 338 g/mol. The van der Waals surface area contributed by atoms with Crippen molar-refractivity contribution in [2.75, 3.05) is 13.7 Å². The van der Waals surface area contributed by atoms with Crippen molar-refractivity contribution in [3.8, 4) is 0 Å². The number of rotatable bonds is 6. The summed E-state index contributed by atoms with van der Waals surface area (Å²) in [4.78, 5) is 33.7. The summed E-state index contributed by atoms with van der Waals surface area (Å²) >= 11 is 1.68. The van der Waals surface area contributed by atoms with Crippen molar-refractivity contribution in [2.45, 2.75) is 52.0 Å². The van der Waals surface area contributed by atoms with Crippen LogP contribution in [0.25, 0.3) is 10.2 Å². The predicted octanol–water partition coefficient (Wildman–Crippen LogP) is 1.69. The minimum absolute atomic E-state index is 0.0122. The Morgan fingerprint density at radius 1 is 1.52 bits per heavy atom. The summed E-state index contributed by atoms with van der Waals surface area (Å²) in [6.07, 6.45) is 4.34. The highest BCUT2D eigenvalue weighted by molar-refractivity contribution is 7.18. The summed E-state index contributed by atoms with van der Waals surface area (Å²) in [6.45, 7) is 5.08. The lowest BCUT2D eigenvalue weighted by atomic mass is 9.89. The molecule has 2 aromatic rings. The van der Waals surface area contributed by atoms with Crippen molar-refractivity contribution in [2.24, 2.45) is 5.92 Å². The predicted molar refractivity (Wildman–Crippen MR) is 97.9 cm³/mol. The van der Waals surface area contributed by atoms with Crippen LogP contribution < -0.4 is 10.9 Å². The SMILES string of the molecule is COC(=O)CCC[NH2+][C@H](C)c1nc2sc3c(c2c(=O)[nH]1)CC[C@@H](C)C3. The number of quaternary nitrogens is 1. The van der Waals surface area contributed by atoms with Crippen LogP contribution in [0.1, 0.15) is 55.4 Å². The van der Waals surface area contributed by atoms with Crippen LogP contribution in [0.5, 0.6) is 0 Å². The third kappa shape index (κ3) is 3.93.